The minimum atomic E-state index is -0.835. The highest BCUT2D eigenvalue weighted by molar-refractivity contribution is 7.81. The van der Waals surface area contributed by atoms with E-state index in [-0.39, 0.29) is 5.41 Å². The fourth-order valence-electron chi connectivity index (χ4n) is 0.667. The zero-order valence-electron chi connectivity index (χ0n) is 6.59. The van der Waals surface area contributed by atoms with Crippen molar-refractivity contribution in [1.29, 1.82) is 0 Å². The molecule has 60 valence electrons. The molecular formula is C7H14O2S. The van der Waals surface area contributed by atoms with Gasteiger partial charge in [-0.1, -0.05) is 20.8 Å². The van der Waals surface area contributed by atoms with E-state index in [1.807, 2.05) is 20.8 Å². The molecule has 0 aromatic carbocycles. The van der Waals surface area contributed by atoms with Crippen LogP contribution in [-0.4, -0.2) is 16.3 Å². The van der Waals surface area contributed by atoms with Crippen LogP contribution in [0.4, 0.5) is 0 Å². The molecule has 0 rings (SSSR count). The van der Waals surface area contributed by atoms with Gasteiger partial charge < -0.3 is 5.11 Å². The van der Waals surface area contributed by atoms with E-state index in [2.05, 4.69) is 12.6 Å². The number of thiol groups is 1. The predicted molar refractivity (Wildman–Crippen MR) is 44.5 cm³/mol. The maximum absolute atomic E-state index is 10.3. The van der Waals surface area contributed by atoms with Gasteiger partial charge in [-0.3, -0.25) is 4.79 Å². The van der Waals surface area contributed by atoms with Crippen molar-refractivity contribution in [3.8, 4) is 0 Å². The van der Waals surface area contributed by atoms with E-state index in [9.17, 15) is 4.79 Å². The number of carboxylic acid groups (broad SMARTS) is 1. The summed E-state index contributed by atoms with van der Waals surface area (Å²) in [5.41, 5.74) is 0.0464. The fourth-order valence-corrected chi connectivity index (χ4v) is 1.22. The van der Waals surface area contributed by atoms with Gasteiger partial charge in [-0.15, -0.1) is 0 Å². The molecule has 0 amide bonds. The van der Waals surface area contributed by atoms with Crippen LogP contribution in [0.5, 0.6) is 0 Å². The van der Waals surface area contributed by atoms with Crippen LogP contribution in [0.2, 0.25) is 0 Å². The van der Waals surface area contributed by atoms with Crippen LogP contribution in [0, 0.1) is 5.41 Å². The molecule has 3 heteroatoms. The van der Waals surface area contributed by atoms with Crippen LogP contribution >= 0.6 is 12.6 Å². The van der Waals surface area contributed by atoms with Crippen LogP contribution < -0.4 is 0 Å². The Morgan fingerprint density at radius 3 is 2.10 bits per heavy atom. The fraction of sp³-hybridized carbons (Fsp3) is 0.857. The van der Waals surface area contributed by atoms with Crippen LogP contribution in [0.15, 0.2) is 0 Å². The molecule has 10 heavy (non-hydrogen) atoms. The lowest BCUT2D eigenvalue weighted by atomic mass is 9.90. The molecule has 0 fully saturated rings. The summed E-state index contributed by atoms with van der Waals surface area (Å²) in [6, 6.07) is 0. The van der Waals surface area contributed by atoms with Crippen molar-refractivity contribution in [1.82, 2.24) is 0 Å². The lowest BCUT2D eigenvalue weighted by Crippen LogP contribution is -2.20. The molecular weight excluding hydrogens is 148 g/mol. The summed E-state index contributed by atoms with van der Waals surface area (Å²) in [4.78, 5) is 10.3. The first-order valence-corrected chi connectivity index (χ1v) is 3.75. The summed E-state index contributed by atoms with van der Waals surface area (Å²) in [7, 11) is 0. The molecule has 1 N–H and O–H groups in total. The van der Waals surface area contributed by atoms with Gasteiger partial charge in [-0.05, 0) is 11.8 Å². The Labute approximate surface area is 67.0 Å². The van der Waals surface area contributed by atoms with E-state index in [4.69, 9.17) is 5.11 Å². The summed E-state index contributed by atoms with van der Waals surface area (Å²) in [6.45, 7) is 6.00. The van der Waals surface area contributed by atoms with Crippen molar-refractivity contribution >= 4 is 18.6 Å². The largest absolute Gasteiger partial charge is 0.480 e. The van der Waals surface area contributed by atoms with Gasteiger partial charge in [-0.2, -0.15) is 12.6 Å². The van der Waals surface area contributed by atoms with Crippen molar-refractivity contribution in [3.63, 3.8) is 0 Å². The van der Waals surface area contributed by atoms with Crippen molar-refractivity contribution in [3.05, 3.63) is 0 Å². The molecule has 0 aliphatic heterocycles. The SMILES string of the molecule is CC(C)(C)C[C@@H](S)C(=O)O. The first kappa shape index (κ1) is 9.82. The smallest absolute Gasteiger partial charge is 0.316 e. The third-order valence-electron chi connectivity index (χ3n) is 1.09. The Morgan fingerprint density at radius 2 is 2.00 bits per heavy atom. The molecule has 0 heterocycles. The van der Waals surface area contributed by atoms with E-state index in [1.165, 1.54) is 0 Å². The third-order valence-corrected chi connectivity index (χ3v) is 1.49. The minimum Gasteiger partial charge on any atom is -0.480 e. The molecule has 0 spiro atoms. The van der Waals surface area contributed by atoms with Crippen LogP contribution in [-0.2, 0) is 4.79 Å². The lowest BCUT2D eigenvalue weighted by molar-refractivity contribution is -0.136. The van der Waals surface area contributed by atoms with E-state index in [1.54, 1.807) is 0 Å². The summed E-state index contributed by atoms with van der Waals surface area (Å²) >= 11 is 3.92. The minimum absolute atomic E-state index is 0.0464. The molecule has 0 aliphatic rings. The van der Waals surface area contributed by atoms with E-state index in [0.717, 1.165) is 0 Å². The van der Waals surface area contributed by atoms with Gasteiger partial charge >= 0.3 is 5.97 Å². The van der Waals surface area contributed by atoms with Gasteiger partial charge in [0.25, 0.3) is 0 Å². The van der Waals surface area contributed by atoms with Crippen LogP contribution in [0.25, 0.3) is 0 Å². The molecule has 0 bridgehead atoms. The number of aliphatic carboxylic acids is 1. The molecule has 0 unspecified atom stereocenters. The Morgan fingerprint density at radius 1 is 1.60 bits per heavy atom. The van der Waals surface area contributed by atoms with E-state index < -0.39 is 11.2 Å². The van der Waals surface area contributed by atoms with Gasteiger partial charge in [0.05, 0.1) is 5.25 Å². The molecule has 0 aromatic heterocycles. The quantitative estimate of drug-likeness (QED) is 0.608. The van der Waals surface area contributed by atoms with E-state index >= 15 is 0 Å². The predicted octanol–water partition coefficient (Wildman–Crippen LogP) is 1.81. The molecule has 1 atom stereocenters. The topological polar surface area (TPSA) is 37.3 Å². The van der Waals surface area contributed by atoms with Crippen molar-refractivity contribution < 1.29 is 9.90 Å². The van der Waals surface area contributed by atoms with Gasteiger partial charge in [0.1, 0.15) is 0 Å². The van der Waals surface area contributed by atoms with E-state index in [0.29, 0.717) is 6.42 Å². The molecule has 0 saturated carbocycles. The molecule has 0 radical (unpaired) electrons. The maximum atomic E-state index is 10.3. The Hall–Kier alpha value is -0.180. The monoisotopic (exact) mass is 162 g/mol. The second-order valence-electron chi connectivity index (χ2n) is 3.62. The van der Waals surface area contributed by atoms with Crippen molar-refractivity contribution in [2.45, 2.75) is 32.4 Å². The maximum Gasteiger partial charge on any atom is 0.316 e. The first-order valence-electron chi connectivity index (χ1n) is 3.24. The zero-order valence-corrected chi connectivity index (χ0v) is 7.48. The number of hydrogen-bond acceptors (Lipinski definition) is 2. The zero-order chi connectivity index (χ0) is 8.36. The Balaban J connectivity index is 3.80. The standard InChI is InChI=1S/C7H14O2S/c1-7(2,3)4-5(10)6(8)9/h5,10H,4H2,1-3H3,(H,8,9)/t5-/m1/s1. The summed E-state index contributed by atoms with van der Waals surface area (Å²) in [6.07, 6.45) is 0.603. The number of carboxylic acids is 1. The normalized spacial score (nSPS) is 14.8. The second-order valence-corrected chi connectivity index (χ2v) is 4.24. The Bertz CT molecular complexity index is 126. The van der Waals surface area contributed by atoms with Gasteiger partial charge in [0, 0.05) is 0 Å². The van der Waals surface area contributed by atoms with Gasteiger partial charge in [-0.25, -0.2) is 0 Å². The lowest BCUT2D eigenvalue weighted by Gasteiger charge is -2.19. The summed E-state index contributed by atoms with van der Waals surface area (Å²) < 4.78 is 0. The number of hydrogen-bond donors (Lipinski definition) is 2. The average Bonchev–Trinajstić information content (AvgIpc) is 1.60. The highest BCUT2D eigenvalue weighted by Crippen LogP contribution is 2.23. The average molecular weight is 162 g/mol. The molecule has 0 aliphatic carbocycles. The van der Waals surface area contributed by atoms with Crippen molar-refractivity contribution in [2.75, 3.05) is 0 Å². The summed E-state index contributed by atoms with van der Waals surface area (Å²) in [5.74, 6) is -0.835. The second kappa shape index (κ2) is 3.28. The molecule has 0 saturated heterocycles. The van der Waals surface area contributed by atoms with Crippen molar-refractivity contribution in [2.24, 2.45) is 5.41 Å². The third kappa shape index (κ3) is 4.68. The number of rotatable bonds is 2. The Kier molecular flexibility index (Phi) is 3.22. The van der Waals surface area contributed by atoms with Gasteiger partial charge in [0.15, 0.2) is 0 Å². The first-order chi connectivity index (χ1) is 4.33. The highest BCUT2D eigenvalue weighted by atomic mass is 32.1. The van der Waals surface area contributed by atoms with Crippen LogP contribution in [0.3, 0.4) is 0 Å². The molecule has 2 nitrogen and oxygen atoms in total. The highest BCUT2D eigenvalue weighted by Gasteiger charge is 2.20. The number of carbonyl (C=O) groups is 1. The molecule has 0 aromatic rings. The van der Waals surface area contributed by atoms with Gasteiger partial charge in [0.2, 0.25) is 0 Å². The van der Waals surface area contributed by atoms with Crippen LogP contribution in [0.1, 0.15) is 27.2 Å². The summed E-state index contributed by atoms with van der Waals surface area (Å²) in [5, 5.41) is 7.94.